The zero-order valence-electron chi connectivity index (χ0n) is 21.7. The average molecular weight is 1220 g/mol. The van der Waals surface area contributed by atoms with Gasteiger partial charge in [0.1, 0.15) is 29.9 Å². The van der Waals surface area contributed by atoms with Gasteiger partial charge in [0.05, 0.1) is 9.13 Å². The standard InChI is InChI=1S/C25H13F4I5O10S/c1-25(6-42-22(36)10-2-8(30)4-12(32)18(10)34,7-43-23(37)11-3-9(31)5-13(33)19(11)35)24(38)44-20-14(26)16(28)21(45(39,40)41)17(29)15(20)27/h2-5,35H,6-7H2,1H3,(H,39,40,41). The van der Waals surface area contributed by atoms with Crippen molar-refractivity contribution >= 4 is 141 Å². The molecule has 0 bridgehead atoms. The number of hydrogen-bond acceptors (Lipinski definition) is 9. The molecule has 1 unspecified atom stereocenters. The van der Waals surface area contributed by atoms with E-state index in [1.165, 1.54) is 18.2 Å². The van der Waals surface area contributed by atoms with Crippen LogP contribution in [0.2, 0.25) is 0 Å². The third kappa shape index (κ3) is 8.79. The maximum absolute atomic E-state index is 14.7. The van der Waals surface area contributed by atoms with Crippen LogP contribution < -0.4 is 4.74 Å². The molecular weight excluding hydrogens is 1200 g/mol. The summed E-state index contributed by atoms with van der Waals surface area (Å²) >= 11 is 9.39. The Balaban J connectivity index is 2.01. The molecule has 0 aromatic heterocycles. The molecule has 0 heterocycles. The second-order valence-corrected chi connectivity index (χ2v) is 16.3. The van der Waals surface area contributed by atoms with Crippen LogP contribution in [-0.2, 0) is 24.4 Å². The Hall–Kier alpha value is -0.850. The fourth-order valence-electron chi connectivity index (χ4n) is 3.31. The number of carbonyl (C=O) groups is 3. The van der Waals surface area contributed by atoms with E-state index in [-0.39, 0.29) is 14.7 Å². The number of phenols is 1. The number of ether oxygens (including phenoxy) is 3. The summed E-state index contributed by atoms with van der Waals surface area (Å²) in [7, 11) is -5.80. The lowest BCUT2D eigenvalue weighted by Crippen LogP contribution is -2.42. The monoisotopic (exact) mass is 1220 g/mol. The molecule has 1 atom stereocenters. The minimum absolute atomic E-state index is 0.0694. The van der Waals surface area contributed by atoms with Crippen molar-refractivity contribution in [1.82, 2.24) is 0 Å². The number of hydrogen-bond donors (Lipinski definition) is 2. The van der Waals surface area contributed by atoms with E-state index in [0.717, 1.165) is 6.92 Å². The van der Waals surface area contributed by atoms with E-state index in [2.05, 4.69) is 4.74 Å². The summed E-state index contributed by atoms with van der Waals surface area (Å²) in [5.41, 5.74) is -2.59. The van der Waals surface area contributed by atoms with Crippen molar-refractivity contribution in [3.63, 3.8) is 0 Å². The molecule has 0 radical (unpaired) electrons. The molecule has 10 nitrogen and oxygen atoms in total. The zero-order valence-corrected chi connectivity index (χ0v) is 33.3. The summed E-state index contributed by atoms with van der Waals surface area (Å²) < 4.78 is 107. The molecule has 0 aliphatic heterocycles. The lowest BCUT2D eigenvalue weighted by atomic mass is 9.93. The van der Waals surface area contributed by atoms with Crippen LogP contribution in [0.4, 0.5) is 17.6 Å². The van der Waals surface area contributed by atoms with E-state index in [4.69, 9.17) is 14.0 Å². The lowest BCUT2D eigenvalue weighted by Gasteiger charge is -2.27. The minimum Gasteiger partial charge on any atom is -0.506 e. The molecule has 0 aliphatic rings. The normalized spacial score (nSPS) is 12.8. The highest BCUT2D eigenvalue weighted by Gasteiger charge is 2.42. The zero-order chi connectivity index (χ0) is 34.2. The van der Waals surface area contributed by atoms with E-state index >= 15 is 0 Å². The molecule has 45 heavy (non-hydrogen) atoms. The molecule has 0 aliphatic carbocycles. The summed E-state index contributed by atoms with van der Waals surface area (Å²) in [6.07, 6.45) is 0. The molecule has 3 aromatic carbocycles. The third-order valence-electron chi connectivity index (χ3n) is 5.63. The largest absolute Gasteiger partial charge is 0.506 e. The Morgan fingerprint density at radius 3 is 1.71 bits per heavy atom. The van der Waals surface area contributed by atoms with Crippen molar-refractivity contribution in [3.05, 3.63) is 76.5 Å². The van der Waals surface area contributed by atoms with Crippen LogP contribution in [-0.4, -0.2) is 49.2 Å². The molecule has 0 spiro atoms. The van der Waals surface area contributed by atoms with E-state index < -0.39 is 86.3 Å². The lowest BCUT2D eigenvalue weighted by molar-refractivity contribution is -0.150. The van der Waals surface area contributed by atoms with Gasteiger partial charge in [-0.05, 0) is 144 Å². The molecule has 2 N–H and O–H groups in total. The van der Waals surface area contributed by atoms with Crippen molar-refractivity contribution in [3.8, 4) is 11.5 Å². The number of esters is 3. The van der Waals surface area contributed by atoms with Gasteiger partial charge in [-0.1, -0.05) is 0 Å². The summed E-state index contributed by atoms with van der Waals surface area (Å²) in [6.45, 7) is -1.05. The Bertz CT molecular complexity index is 1750. The van der Waals surface area contributed by atoms with Crippen LogP contribution in [0.1, 0.15) is 27.6 Å². The van der Waals surface area contributed by atoms with E-state index in [9.17, 15) is 45.5 Å². The number of benzene rings is 3. The first-order valence-corrected chi connectivity index (χ1v) is 18.3. The molecule has 0 fully saturated rings. The van der Waals surface area contributed by atoms with Crippen molar-refractivity contribution in [2.45, 2.75) is 11.8 Å². The number of phenolic OH excluding ortho intramolecular Hbond substituents is 1. The maximum atomic E-state index is 14.7. The van der Waals surface area contributed by atoms with E-state index in [1.54, 1.807) is 28.7 Å². The first-order chi connectivity index (χ1) is 20.7. The van der Waals surface area contributed by atoms with E-state index in [1.807, 2.05) is 90.4 Å². The van der Waals surface area contributed by atoms with Gasteiger partial charge in [-0.3, -0.25) is 9.35 Å². The first kappa shape index (κ1) is 38.6. The van der Waals surface area contributed by atoms with Gasteiger partial charge in [0.2, 0.25) is 17.4 Å². The highest BCUT2D eigenvalue weighted by Crippen LogP contribution is 2.35. The average Bonchev–Trinajstić information content (AvgIpc) is 2.94. The topological polar surface area (TPSA) is 154 Å². The second-order valence-electron chi connectivity index (χ2n) is 9.02. The number of aromatic hydroxyl groups is 1. The molecular formula is C25H13F4I5O10S. The van der Waals surface area contributed by atoms with Crippen molar-refractivity contribution in [2.24, 2.45) is 5.41 Å². The predicted molar refractivity (Wildman–Crippen MR) is 189 cm³/mol. The van der Waals surface area contributed by atoms with Gasteiger partial charge in [-0.15, -0.1) is 0 Å². The fourth-order valence-corrected chi connectivity index (χ4v) is 8.17. The summed E-state index contributed by atoms with van der Waals surface area (Å²) in [5, 5.41) is 10.3. The molecule has 242 valence electrons. The van der Waals surface area contributed by atoms with Gasteiger partial charge in [0, 0.05) is 14.3 Å². The van der Waals surface area contributed by atoms with Gasteiger partial charge >= 0.3 is 28.0 Å². The Kier molecular flexibility index (Phi) is 13.0. The van der Waals surface area contributed by atoms with Crippen LogP contribution >= 0.6 is 113 Å². The van der Waals surface area contributed by atoms with Gasteiger partial charge < -0.3 is 19.3 Å². The fraction of sp³-hybridized carbons (Fsp3) is 0.160. The predicted octanol–water partition coefficient (Wildman–Crippen LogP) is 6.84. The smallest absolute Gasteiger partial charge is 0.342 e. The van der Waals surface area contributed by atoms with E-state index in [0.29, 0.717) is 14.3 Å². The summed E-state index contributed by atoms with van der Waals surface area (Å²) in [5.74, 6) is -16.6. The van der Waals surface area contributed by atoms with Crippen LogP contribution in [0.25, 0.3) is 0 Å². The maximum Gasteiger partial charge on any atom is 0.342 e. The number of carbonyl (C=O) groups excluding carboxylic acids is 3. The minimum atomic E-state index is -5.80. The quantitative estimate of drug-likeness (QED) is 0.0582. The van der Waals surface area contributed by atoms with Crippen LogP contribution in [0.15, 0.2) is 29.2 Å². The highest BCUT2D eigenvalue weighted by atomic mass is 127. The summed E-state index contributed by atoms with van der Waals surface area (Å²) in [6, 6.07) is 6.02. The summed E-state index contributed by atoms with van der Waals surface area (Å²) in [4.78, 5) is 36.8. The Labute approximate surface area is 319 Å². The first-order valence-electron chi connectivity index (χ1n) is 11.4. The van der Waals surface area contributed by atoms with Gasteiger partial charge in [-0.2, -0.15) is 17.2 Å². The Morgan fingerprint density at radius 1 is 0.778 bits per heavy atom. The number of halogens is 9. The van der Waals surface area contributed by atoms with Gasteiger partial charge in [0.15, 0.2) is 16.5 Å². The molecule has 3 rings (SSSR count). The number of rotatable bonds is 9. The van der Waals surface area contributed by atoms with Crippen LogP contribution in [0, 0.1) is 46.5 Å². The van der Waals surface area contributed by atoms with Crippen LogP contribution in [0.3, 0.4) is 0 Å². The third-order valence-corrected chi connectivity index (χ3v) is 11.6. The molecule has 20 heteroatoms. The van der Waals surface area contributed by atoms with Crippen molar-refractivity contribution < 1.29 is 64.2 Å². The van der Waals surface area contributed by atoms with Crippen molar-refractivity contribution in [1.29, 1.82) is 0 Å². The molecule has 0 saturated carbocycles. The van der Waals surface area contributed by atoms with Crippen molar-refractivity contribution in [2.75, 3.05) is 13.2 Å². The van der Waals surface area contributed by atoms with Gasteiger partial charge in [-0.25, -0.2) is 18.4 Å². The molecule has 3 aromatic rings. The second kappa shape index (κ2) is 15.1. The SMILES string of the molecule is CC(COC(=O)c1cc(I)cc(I)c1O)(COC(=O)c1cc(I)cc(I)c1I)C(=O)Oc1c(F)c(F)c(S(=O)(=O)O)c(F)c1F. The highest BCUT2D eigenvalue weighted by molar-refractivity contribution is 14.1. The van der Waals surface area contributed by atoms with Gasteiger partial charge in [0.25, 0.3) is 0 Å². The molecule has 0 saturated heterocycles. The Morgan fingerprint density at radius 2 is 1.22 bits per heavy atom. The molecule has 0 amide bonds. The van der Waals surface area contributed by atoms with Crippen LogP contribution in [0.5, 0.6) is 11.5 Å².